The lowest BCUT2D eigenvalue weighted by Gasteiger charge is -2.37. The lowest BCUT2D eigenvalue weighted by atomic mass is 10.0. The Labute approximate surface area is 220 Å². The maximum Gasteiger partial charge on any atom is 0.410 e. The molecule has 2 unspecified atom stereocenters. The molecule has 3 aliphatic rings. The zero-order chi connectivity index (χ0) is 26.6. The summed E-state index contributed by atoms with van der Waals surface area (Å²) in [6, 6.07) is 4.17. The van der Waals surface area contributed by atoms with Gasteiger partial charge in [-0.1, -0.05) is 6.92 Å². The van der Waals surface area contributed by atoms with Gasteiger partial charge in [0.05, 0.1) is 25.1 Å². The van der Waals surface area contributed by atoms with Crippen molar-refractivity contribution in [2.45, 2.75) is 71.7 Å². The molecule has 1 aromatic rings. The average Bonchev–Trinajstić information content (AvgIpc) is 2.99. The molecule has 0 spiro atoms. The molecule has 37 heavy (non-hydrogen) atoms. The van der Waals surface area contributed by atoms with Gasteiger partial charge in [0.2, 0.25) is 5.91 Å². The summed E-state index contributed by atoms with van der Waals surface area (Å²) in [6.45, 7) is 11.8. The van der Waals surface area contributed by atoms with Crippen molar-refractivity contribution < 1.29 is 28.5 Å². The third-order valence-electron chi connectivity index (χ3n) is 7.23. The van der Waals surface area contributed by atoms with Crippen LogP contribution in [0.4, 0.5) is 16.2 Å². The SMILES string of the molecule is COc1cc2c(cc1N1CCN(C(=O)OC(C)(C)C)CC1)CCC(C)C(=O)N2CCOC1CCCCO1. The van der Waals surface area contributed by atoms with Crippen molar-refractivity contribution in [2.75, 3.05) is 62.8 Å². The van der Waals surface area contributed by atoms with Gasteiger partial charge in [-0.15, -0.1) is 0 Å². The minimum Gasteiger partial charge on any atom is -0.495 e. The van der Waals surface area contributed by atoms with Gasteiger partial charge in [-0.3, -0.25) is 4.79 Å². The normalized spacial score (nSPS) is 22.9. The summed E-state index contributed by atoms with van der Waals surface area (Å²) in [7, 11) is 1.66. The molecular weight excluding hydrogens is 474 g/mol. The Bertz CT molecular complexity index is 948. The molecule has 4 rings (SSSR count). The van der Waals surface area contributed by atoms with E-state index in [1.165, 1.54) is 0 Å². The number of hydrogen-bond donors (Lipinski definition) is 0. The lowest BCUT2D eigenvalue weighted by molar-refractivity contribution is -0.161. The molecule has 3 heterocycles. The van der Waals surface area contributed by atoms with Crippen LogP contribution in [0.1, 0.15) is 58.9 Å². The number of aryl methyl sites for hydroxylation is 1. The molecule has 2 fully saturated rings. The molecule has 2 saturated heterocycles. The van der Waals surface area contributed by atoms with Gasteiger partial charge in [0, 0.05) is 51.3 Å². The molecule has 0 bridgehead atoms. The van der Waals surface area contributed by atoms with Gasteiger partial charge >= 0.3 is 6.09 Å². The fraction of sp³-hybridized carbons (Fsp3) is 0.714. The van der Waals surface area contributed by atoms with E-state index in [1.807, 2.05) is 38.7 Å². The van der Waals surface area contributed by atoms with E-state index < -0.39 is 5.60 Å². The number of ether oxygens (including phenoxy) is 4. The van der Waals surface area contributed by atoms with Gasteiger partial charge in [0.15, 0.2) is 6.29 Å². The number of amides is 2. The largest absolute Gasteiger partial charge is 0.495 e. The highest BCUT2D eigenvalue weighted by molar-refractivity contribution is 5.97. The minimum absolute atomic E-state index is 0.0647. The van der Waals surface area contributed by atoms with Crippen LogP contribution in [0.3, 0.4) is 0 Å². The topological polar surface area (TPSA) is 80.8 Å². The van der Waals surface area contributed by atoms with E-state index >= 15 is 0 Å². The summed E-state index contributed by atoms with van der Waals surface area (Å²) in [5.74, 6) is 0.784. The van der Waals surface area contributed by atoms with Gasteiger partial charge < -0.3 is 33.6 Å². The summed E-state index contributed by atoms with van der Waals surface area (Å²) < 4.78 is 23.0. The molecule has 0 aliphatic carbocycles. The number of rotatable bonds is 6. The Kier molecular flexibility index (Phi) is 8.85. The van der Waals surface area contributed by atoms with Crippen molar-refractivity contribution in [3.8, 4) is 5.75 Å². The molecule has 0 aromatic heterocycles. The fourth-order valence-electron chi connectivity index (χ4n) is 5.15. The number of benzene rings is 1. The van der Waals surface area contributed by atoms with Crippen molar-refractivity contribution in [2.24, 2.45) is 5.92 Å². The van der Waals surface area contributed by atoms with Crippen LogP contribution >= 0.6 is 0 Å². The highest BCUT2D eigenvalue weighted by Gasteiger charge is 2.31. The third kappa shape index (κ3) is 6.87. The minimum atomic E-state index is -0.511. The fourth-order valence-corrected chi connectivity index (χ4v) is 5.15. The highest BCUT2D eigenvalue weighted by atomic mass is 16.7. The molecule has 9 heteroatoms. The second-order valence-electron chi connectivity index (χ2n) is 11.2. The standard InChI is InChI=1S/C28H43N3O6/c1-20-9-10-21-18-23(29-11-13-30(14-12-29)27(33)37-28(2,3)4)24(34-5)19-22(21)31(26(20)32)15-17-36-25-8-6-7-16-35-25/h18-20,25H,6-17H2,1-5H3. The Morgan fingerprint density at radius 3 is 2.49 bits per heavy atom. The Hall–Kier alpha value is -2.52. The van der Waals surface area contributed by atoms with Crippen LogP contribution in [0.5, 0.6) is 5.75 Å². The van der Waals surface area contributed by atoms with E-state index in [9.17, 15) is 9.59 Å². The number of hydrogen-bond acceptors (Lipinski definition) is 7. The zero-order valence-electron chi connectivity index (χ0n) is 23.1. The first-order chi connectivity index (χ1) is 17.7. The van der Waals surface area contributed by atoms with Gasteiger partial charge in [-0.05, 0) is 64.5 Å². The summed E-state index contributed by atoms with van der Waals surface area (Å²) in [6.07, 6.45) is 4.26. The number of anilines is 2. The van der Waals surface area contributed by atoms with Crippen LogP contribution in [0.2, 0.25) is 0 Å². The molecule has 2 atom stereocenters. The van der Waals surface area contributed by atoms with Crippen LogP contribution in [0, 0.1) is 5.92 Å². The van der Waals surface area contributed by atoms with Gasteiger partial charge in [0.25, 0.3) is 0 Å². The van der Waals surface area contributed by atoms with E-state index in [0.29, 0.717) is 39.3 Å². The second-order valence-corrected chi connectivity index (χ2v) is 11.2. The molecular formula is C28H43N3O6. The van der Waals surface area contributed by atoms with Gasteiger partial charge in [-0.25, -0.2) is 4.79 Å². The van der Waals surface area contributed by atoms with Crippen LogP contribution in [-0.2, 0) is 25.4 Å². The summed E-state index contributed by atoms with van der Waals surface area (Å²) >= 11 is 0. The Morgan fingerprint density at radius 2 is 1.84 bits per heavy atom. The number of piperazine rings is 1. The maximum absolute atomic E-state index is 13.3. The number of carbonyl (C=O) groups excluding carboxylic acids is 2. The molecule has 2 amide bonds. The first kappa shape index (κ1) is 27.5. The molecule has 1 aromatic carbocycles. The van der Waals surface area contributed by atoms with E-state index in [0.717, 1.165) is 61.4 Å². The predicted molar refractivity (Wildman–Crippen MR) is 142 cm³/mol. The molecule has 9 nitrogen and oxygen atoms in total. The number of fused-ring (bicyclic) bond motifs is 1. The first-order valence-electron chi connectivity index (χ1n) is 13.6. The summed E-state index contributed by atoms with van der Waals surface area (Å²) in [5, 5.41) is 0. The molecule has 3 aliphatic heterocycles. The van der Waals surface area contributed by atoms with Gasteiger partial charge in [0.1, 0.15) is 11.4 Å². The molecule has 0 N–H and O–H groups in total. The smallest absolute Gasteiger partial charge is 0.410 e. The van der Waals surface area contributed by atoms with E-state index in [-0.39, 0.29) is 24.2 Å². The Morgan fingerprint density at radius 1 is 1.08 bits per heavy atom. The first-order valence-corrected chi connectivity index (χ1v) is 13.6. The van der Waals surface area contributed by atoms with E-state index in [4.69, 9.17) is 18.9 Å². The third-order valence-corrected chi connectivity index (χ3v) is 7.23. The molecule has 206 valence electrons. The maximum atomic E-state index is 13.3. The van der Waals surface area contributed by atoms with Crippen molar-refractivity contribution in [3.05, 3.63) is 17.7 Å². The van der Waals surface area contributed by atoms with Crippen LogP contribution < -0.4 is 14.5 Å². The van der Waals surface area contributed by atoms with Crippen LogP contribution in [-0.4, -0.2) is 81.8 Å². The van der Waals surface area contributed by atoms with E-state index in [1.54, 1.807) is 12.0 Å². The monoisotopic (exact) mass is 517 g/mol. The quantitative estimate of drug-likeness (QED) is 0.559. The highest BCUT2D eigenvalue weighted by Crippen LogP contribution is 2.39. The zero-order valence-corrected chi connectivity index (χ0v) is 23.1. The Balaban J connectivity index is 1.48. The molecule has 0 radical (unpaired) electrons. The van der Waals surface area contributed by atoms with Crippen LogP contribution in [0.25, 0.3) is 0 Å². The van der Waals surface area contributed by atoms with Crippen molar-refractivity contribution >= 4 is 23.4 Å². The van der Waals surface area contributed by atoms with Crippen molar-refractivity contribution in [1.29, 1.82) is 0 Å². The van der Waals surface area contributed by atoms with Crippen LogP contribution in [0.15, 0.2) is 12.1 Å². The summed E-state index contributed by atoms with van der Waals surface area (Å²) in [5.41, 5.74) is 2.52. The van der Waals surface area contributed by atoms with Crippen molar-refractivity contribution in [3.63, 3.8) is 0 Å². The van der Waals surface area contributed by atoms with Crippen molar-refractivity contribution in [1.82, 2.24) is 4.90 Å². The number of methoxy groups -OCH3 is 1. The predicted octanol–water partition coefficient (Wildman–Crippen LogP) is 4.21. The summed E-state index contributed by atoms with van der Waals surface area (Å²) in [4.78, 5) is 31.7. The average molecular weight is 518 g/mol. The second kappa shape index (κ2) is 11.9. The number of carbonyl (C=O) groups is 2. The van der Waals surface area contributed by atoms with Gasteiger partial charge in [-0.2, -0.15) is 0 Å². The number of nitrogens with zero attached hydrogens (tertiary/aromatic N) is 3. The molecule has 0 saturated carbocycles. The lowest BCUT2D eigenvalue weighted by Crippen LogP contribution is -2.50. The van der Waals surface area contributed by atoms with E-state index in [2.05, 4.69) is 11.0 Å².